The summed E-state index contributed by atoms with van der Waals surface area (Å²) in [6.07, 6.45) is 2.13. The van der Waals surface area contributed by atoms with E-state index in [-0.39, 0.29) is 17.0 Å². The van der Waals surface area contributed by atoms with Crippen LogP contribution in [0.1, 0.15) is 33.1 Å². The fourth-order valence-corrected chi connectivity index (χ4v) is 6.19. The fourth-order valence-electron chi connectivity index (χ4n) is 4.17. The molecule has 0 aliphatic heterocycles. The first kappa shape index (κ1) is 15.8. The summed E-state index contributed by atoms with van der Waals surface area (Å²) in [6.45, 7) is 4.07. The summed E-state index contributed by atoms with van der Waals surface area (Å²) >= 11 is 5.81. The maximum atomic E-state index is 12.6. The Morgan fingerprint density at radius 1 is 1.27 bits per heavy atom. The van der Waals surface area contributed by atoms with E-state index in [1.807, 2.05) is 13.8 Å². The average Bonchev–Trinajstić information content (AvgIpc) is 2.74. The molecule has 120 valence electrons. The molecule has 2 saturated carbocycles. The highest BCUT2D eigenvalue weighted by molar-refractivity contribution is 7.92. The van der Waals surface area contributed by atoms with Crippen LogP contribution in [0.2, 0.25) is 5.02 Å². The van der Waals surface area contributed by atoms with Gasteiger partial charge in [-0.15, -0.1) is 0 Å². The summed E-state index contributed by atoms with van der Waals surface area (Å²) in [4.78, 5) is 12.4. The second-order valence-corrected chi connectivity index (χ2v) is 9.19. The van der Waals surface area contributed by atoms with Crippen LogP contribution in [0.15, 0.2) is 24.3 Å². The predicted octanol–water partition coefficient (Wildman–Crippen LogP) is 3.48. The molecule has 2 bridgehead atoms. The van der Waals surface area contributed by atoms with E-state index in [2.05, 4.69) is 4.72 Å². The Hall–Kier alpha value is -1.07. The summed E-state index contributed by atoms with van der Waals surface area (Å²) < 4.78 is 27.7. The van der Waals surface area contributed by atoms with E-state index in [1.54, 1.807) is 24.3 Å². The van der Waals surface area contributed by atoms with E-state index < -0.39 is 15.4 Å². The molecule has 0 aromatic heterocycles. The van der Waals surface area contributed by atoms with E-state index in [9.17, 15) is 13.2 Å². The van der Waals surface area contributed by atoms with Gasteiger partial charge in [-0.1, -0.05) is 25.4 Å². The number of rotatable bonds is 4. The molecule has 2 aliphatic carbocycles. The summed E-state index contributed by atoms with van der Waals surface area (Å²) in [5, 5.41) is 0.548. The lowest BCUT2D eigenvalue weighted by Crippen LogP contribution is -2.43. The van der Waals surface area contributed by atoms with Crippen LogP contribution >= 0.6 is 11.6 Å². The van der Waals surface area contributed by atoms with E-state index in [4.69, 9.17) is 11.6 Å². The zero-order valence-electron chi connectivity index (χ0n) is 12.7. The summed E-state index contributed by atoms with van der Waals surface area (Å²) in [5.74, 6) is 0.284. The van der Waals surface area contributed by atoms with Crippen LogP contribution in [-0.2, 0) is 14.8 Å². The van der Waals surface area contributed by atoms with Crippen molar-refractivity contribution in [2.24, 2.45) is 16.7 Å². The molecule has 1 N–H and O–H groups in total. The molecule has 0 radical (unpaired) electrons. The highest BCUT2D eigenvalue weighted by Crippen LogP contribution is 2.64. The molecule has 2 aliphatic rings. The molecule has 2 atom stereocenters. The number of Topliss-reactive ketones (excluding diaryl/α,β-unsaturated/α-hetero) is 1. The maximum Gasteiger partial charge on any atom is 0.233 e. The third-order valence-electron chi connectivity index (χ3n) is 5.69. The third kappa shape index (κ3) is 2.35. The maximum absolute atomic E-state index is 12.6. The van der Waals surface area contributed by atoms with Crippen molar-refractivity contribution in [2.75, 3.05) is 10.5 Å². The van der Waals surface area contributed by atoms with Crippen molar-refractivity contribution in [3.05, 3.63) is 29.3 Å². The van der Waals surface area contributed by atoms with E-state index in [0.717, 1.165) is 6.42 Å². The van der Waals surface area contributed by atoms with Gasteiger partial charge in [0.05, 0.1) is 11.2 Å². The van der Waals surface area contributed by atoms with E-state index >= 15 is 0 Å². The van der Waals surface area contributed by atoms with Crippen molar-refractivity contribution in [1.29, 1.82) is 0 Å². The number of benzene rings is 1. The van der Waals surface area contributed by atoms with Gasteiger partial charge in [0.1, 0.15) is 5.78 Å². The molecule has 0 amide bonds. The minimum Gasteiger partial charge on any atom is -0.299 e. The van der Waals surface area contributed by atoms with Gasteiger partial charge < -0.3 is 0 Å². The zero-order chi connectivity index (χ0) is 16.2. The Morgan fingerprint density at radius 3 is 2.41 bits per heavy atom. The first-order valence-electron chi connectivity index (χ1n) is 7.46. The van der Waals surface area contributed by atoms with Crippen LogP contribution in [-0.4, -0.2) is 20.0 Å². The lowest BCUT2D eigenvalue weighted by molar-refractivity contribution is -0.128. The normalized spacial score (nSPS) is 29.8. The molecule has 1 aromatic carbocycles. The van der Waals surface area contributed by atoms with Crippen molar-refractivity contribution >= 4 is 33.1 Å². The van der Waals surface area contributed by atoms with Crippen LogP contribution in [0.5, 0.6) is 0 Å². The minimum absolute atomic E-state index is 0.107. The van der Waals surface area contributed by atoms with Crippen molar-refractivity contribution in [2.45, 2.75) is 33.1 Å². The largest absolute Gasteiger partial charge is 0.299 e. The molecule has 0 spiro atoms. The Labute approximate surface area is 136 Å². The Morgan fingerprint density at radius 2 is 1.91 bits per heavy atom. The number of anilines is 1. The topological polar surface area (TPSA) is 63.2 Å². The molecular weight excluding hydrogens is 322 g/mol. The molecule has 4 nitrogen and oxygen atoms in total. The van der Waals surface area contributed by atoms with Crippen molar-refractivity contribution in [3.8, 4) is 0 Å². The van der Waals surface area contributed by atoms with Gasteiger partial charge in [-0.25, -0.2) is 8.42 Å². The number of nitrogens with one attached hydrogen (secondary N) is 1. The van der Waals surface area contributed by atoms with Crippen LogP contribution in [0.3, 0.4) is 0 Å². The minimum atomic E-state index is -3.59. The first-order chi connectivity index (χ1) is 10.2. The molecule has 3 rings (SSSR count). The van der Waals surface area contributed by atoms with Crippen molar-refractivity contribution < 1.29 is 13.2 Å². The first-order valence-corrected chi connectivity index (χ1v) is 9.49. The SMILES string of the molecule is CC1(C)[C@H]2CC[C@@]1(CS(=O)(=O)Nc1ccc(Cl)cc1)C(=O)C2. The quantitative estimate of drug-likeness (QED) is 0.911. The predicted molar refractivity (Wildman–Crippen MR) is 87.4 cm³/mol. The molecular formula is C16H20ClNO3S. The van der Waals surface area contributed by atoms with Gasteiger partial charge in [-0.2, -0.15) is 0 Å². The Bertz CT molecular complexity index is 711. The molecule has 0 heterocycles. The molecule has 22 heavy (non-hydrogen) atoms. The van der Waals surface area contributed by atoms with Gasteiger partial charge in [0.2, 0.25) is 10.0 Å². The second kappa shape index (κ2) is 4.96. The smallest absolute Gasteiger partial charge is 0.233 e. The zero-order valence-corrected chi connectivity index (χ0v) is 14.3. The van der Waals surface area contributed by atoms with Crippen molar-refractivity contribution in [1.82, 2.24) is 0 Å². The van der Waals surface area contributed by atoms with Gasteiger partial charge in [-0.3, -0.25) is 9.52 Å². The third-order valence-corrected chi connectivity index (χ3v) is 7.36. The van der Waals surface area contributed by atoms with Gasteiger partial charge in [0.15, 0.2) is 0 Å². The van der Waals surface area contributed by atoms with Crippen molar-refractivity contribution in [3.63, 3.8) is 0 Å². The van der Waals surface area contributed by atoms with Crippen LogP contribution < -0.4 is 4.72 Å². The number of halogens is 1. The van der Waals surface area contributed by atoms with Gasteiger partial charge in [-0.05, 0) is 48.4 Å². The lowest BCUT2D eigenvalue weighted by atomic mass is 9.70. The van der Waals surface area contributed by atoms with Gasteiger partial charge in [0.25, 0.3) is 0 Å². The summed E-state index contributed by atoms with van der Waals surface area (Å²) in [7, 11) is -3.59. The number of fused-ring (bicyclic) bond motifs is 2. The molecule has 1 aromatic rings. The van der Waals surface area contributed by atoms with Gasteiger partial charge >= 0.3 is 0 Å². The van der Waals surface area contributed by atoms with Crippen LogP contribution in [0.4, 0.5) is 5.69 Å². The monoisotopic (exact) mass is 341 g/mol. The summed E-state index contributed by atoms with van der Waals surface area (Å²) in [5.41, 5.74) is -0.520. The number of hydrogen-bond acceptors (Lipinski definition) is 3. The lowest BCUT2D eigenvalue weighted by Gasteiger charge is -2.36. The second-order valence-electron chi connectivity index (χ2n) is 7.03. The fraction of sp³-hybridized carbons (Fsp3) is 0.562. The van der Waals surface area contributed by atoms with Crippen LogP contribution in [0, 0.1) is 16.7 Å². The highest BCUT2D eigenvalue weighted by Gasteiger charge is 2.65. The van der Waals surface area contributed by atoms with E-state index in [1.165, 1.54) is 0 Å². The number of hydrogen-bond donors (Lipinski definition) is 1. The molecule has 0 unspecified atom stereocenters. The van der Waals surface area contributed by atoms with Crippen LogP contribution in [0.25, 0.3) is 0 Å². The molecule has 0 saturated heterocycles. The number of carbonyl (C=O) groups is 1. The number of ketones is 1. The highest BCUT2D eigenvalue weighted by atomic mass is 35.5. The summed E-state index contributed by atoms with van der Waals surface area (Å²) in [6, 6.07) is 6.51. The number of sulfonamides is 1. The average molecular weight is 342 g/mol. The van der Waals surface area contributed by atoms with E-state index in [0.29, 0.717) is 29.5 Å². The van der Waals surface area contributed by atoms with Gasteiger partial charge in [0, 0.05) is 17.1 Å². The standard InChI is InChI=1S/C16H20ClNO3S/c1-15(2)11-7-8-16(15,14(19)9-11)10-22(20,21)18-13-5-3-12(17)4-6-13/h3-6,11,18H,7-10H2,1-2H3/t11-,16+/m0/s1. The Balaban J connectivity index is 1.85. The number of carbonyl (C=O) groups excluding carboxylic acids is 1. The Kier molecular flexibility index (Phi) is 3.57. The molecule has 6 heteroatoms. The molecule has 2 fully saturated rings.